The number of benzene rings is 1. The molecule has 0 bridgehead atoms. The van der Waals surface area contributed by atoms with Crippen molar-refractivity contribution in [1.29, 1.82) is 0 Å². The maximum absolute atomic E-state index is 11.7. The highest BCUT2D eigenvalue weighted by Gasteiger charge is 2.14. The number of aryl methyl sites for hydroxylation is 1. The fourth-order valence-corrected chi connectivity index (χ4v) is 1.36. The van der Waals surface area contributed by atoms with E-state index in [1.807, 2.05) is 26.0 Å². The Labute approximate surface area is 106 Å². The molecule has 1 rings (SSSR count). The van der Waals surface area contributed by atoms with Crippen LogP contribution in [0.1, 0.15) is 17.5 Å². The Hall–Kier alpha value is -2.04. The van der Waals surface area contributed by atoms with Gasteiger partial charge in [-0.3, -0.25) is 4.79 Å². The van der Waals surface area contributed by atoms with Crippen LogP contribution in [0.4, 0.5) is 4.79 Å². The number of nitrogens with zero attached hydrogens (tertiary/aromatic N) is 1. The molecule has 5 nitrogen and oxygen atoms in total. The van der Waals surface area contributed by atoms with Crippen LogP contribution in [0.5, 0.6) is 5.75 Å². The lowest BCUT2D eigenvalue weighted by Gasteiger charge is -2.17. The fraction of sp³-hybridized carbons (Fsp3) is 0.385. The number of hydrogen-bond acceptors (Lipinski definition) is 3. The van der Waals surface area contributed by atoms with Crippen LogP contribution in [-0.2, 0) is 4.79 Å². The standard InChI is InChI=1S/C13H17NO4/c1-9-5-4-6-11(10(9)2)18-13(17)14(3)8-7-12(15)16/h4-6H,7-8H2,1-3H3,(H,15,16). The first-order valence-electron chi connectivity index (χ1n) is 5.62. The molecule has 18 heavy (non-hydrogen) atoms. The second kappa shape index (κ2) is 6.05. The number of hydrogen-bond donors (Lipinski definition) is 1. The van der Waals surface area contributed by atoms with Gasteiger partial charge in [-0.05, 0) is 31.0 Å². The van der Waals surface area contributed by atoms with E-state index in [1.165, 1.54) is 11.9 Å². The molecule has 0 radical (unpaired) electrons. The van der Waals surface area contributed by atoms with Gasteiger partial charge in [0.15, 0.2) is 0 Å². The van der Waals surface area contributed by atoms with Crippen molar-refractivity contribution in [3.8, 4) is 5.75 Å². The second-order valence-electron chi connectivity index (χ2n) is 4.13. The predicted molar refractivity (Wildman–Crippen MR) is 66.8 cm³/mol. The summed E-state index contributed by atoms with van der Waals surface area (Å²) >= 11 is 0. The fourth-order valence-electron chi connectivity index (χ4n) is 1.36. The quantitative estimate of drug-likeness (QED) is 0.890. The summed E-state index contributed by atoms with van der Waals surface area (Å²) in [4.78, 5) is 23.3. The van der Waals surface area contributed by atoms with Crippen molar-refractivity contribution >= 4 is 12.1 Å². The van der Waals surface area contributed by atoms with Gasteiger partial charge in [0.2, 0.25) is 0 Å². The van der Waals surface area contributed by atoms with Gasteiger partial charge in [0.25, 0.3) is 0 Å². The molecule has 0 atom stereocenters. The maximum Gasteiger partial charge on any atom is 0.414 e. The SMILES string of the molecule is Cc1cccc(OC(=O)N(C)CCC(=O)O)c1C. The van der Waals surface area contributed by atoms with Gasteiger partial charge in [-0.2, -0.15) is 0 Å². The third kappa shape index (κ3) is 3.76. The average molecular weight is 251 g/mol. The van der Waals surface area contributed by atoms with E-state index in [0.717, 1.165) is 11.1 Å². The van der Waals surface area contributed by atoms with E-state index in [1.54, 1.807) is 6.07 Å². The van der Waals surface area contributed by atoms with Crippen LogP contribution in [-0.4, -0.2) is 35.7 Å². The van der Waals surface area contributed by atoms with E-state index in [2.05, 4.69) is 0 Å². The zero-order valence-electron chi connectivity index (χ0n) is 10.8. The molecule has 1 aromatic rings. The number of ether oxygens (including phenoxy) is 1. The molecular formula is C13H17NO4. The first-order chi connectivity index (χ1) is 8.41. The van der Waals surface area contributed by atoms with E-state index in [4.69, 9.17) is 9.84 Å². The van der Waals surface area contributed by atoms with Crippen molar-refractivity contribution in [3.63, 3.8) is 0 Å². The van der Waals surface area contributed by atoms with Gasteiger partial charge in [0.1, 0.15) is 5.75 Å². The highest BCUT2D eigenvalue weighted by atomic mass is 16.6. The number of carbonyl (C=O) groups is 2. The van der Waals surface area contributed by atoms with Crippen molar-refractivity contribution in [2.24, 2.45) is 0 Å². The van der Waals surface area contributed by atoms with E-state index in [0.29, 0.717) is 5.75 Å². The molecular weight excluding hydrogens is 234 g/mol. The topological polar surface area (TPSA) is 66.8 Å². The third-order valence-corrected chi connectivity index (χ3v) is 2.72. The number of rotatable bonds is 4. The minimum atomic E-state index is -0.943. The Morgan fingerprint density at radius 3 is 2.61 bits per heavy atom. The molecule has 0 aliphatic carbocycles. The molecule has 0 aromatic heterocycles. The van der Waals surface area contributed by atoms with E-state index < -0.39 is 12.1 Å². The van der Waals surface area contributed by atoms with Crippen molar-refractivity contribution in [2.75, 3.05) is 13.6 Å². The molecule has 1 aromatic carbocycles. The molecule has 0 spiro atoms. The van der Waals surface area contributed by atoms with Crippen LogP contribution >= 0.6 is 0 Å². The molecule has 98 valence electrons. The van der Waals surface area contributed by atoms with E-state index in [9.17, 15) is 9.59 Å². The normalized spacial score (nSPS) is 9.94. The van der Waals surface area contributed by atoms with Crippen LogP contribution in [0, 0.1) is 13.8 Å². The van der Waals surface area contributed by atoms with E-state index in [-0.39, 0.29) is 13.0 Å². The number of carboxylic acid groups (broad SMARTS) is 1. The number of carbonyl (C=O) groups excluding carboxylic acids is 1. The van der Waals surface area contributed by atoms with Gasteiger partial charge in [-0.15, -0.1) is 0 Å². The lowest BCUT2D eigenvalue weighted by atomic mass is 10.1. The molecule has 0 saturated carbocycles. The van der Waals surface area contributed by atoms with Gasteiger partial charge in [-0.25, -0.2) is 4.79 Å². The zero-order chi connectivity index (χ0) is 13.7. The molecule has 1 amide bonds. The van der Waals surface area contributed by atoms with E-state index >= 15 is 0 Å². The molecule has 0 heterocycles. The van der Waals surface area contributed by atoms with Crippen molar-refractivity contribution in [3.05, 3.63) is 29.3 Å². The summed E-state index contributed by atoms with van der Waals surface area (Å²) in [6.07, 6.45) is -0.650. The largest absolute Gasteiger partial charge is 0.481 e. The highest BCUT2D eigenvalue weighted by Crippen LogP contribution is 2.21. The summed E-state index contributed by atoms with van der Waals surface area (Å²) in [6, 6.07) is 5.45. The Kier molecular flexibility index (Phi) is 4.71. The first-order valence-corrected chi connectivity index (χ1v) is 5.62. The van der Waals surface area contributed by atoms with Gasteiger partial charge >= 0.3 is 12.1 Å². The minimum absolute atomic E-state index is 0.0988. The van der Waals surface area contributed by atoms with Gasteiger partial charge < -0.3 is 14.7 Å². The summed E-state index contributed by atoms with van der Waals surface area (Å²) < 4.78 is 5.21. The van der Waals surface area contributed by atoms with Gasteiger partial charge in [0, 0.05) is 13.6 Å². The maximum atomic E-state index is 11.7. The molecule has 1 N–H and O–H groups in total. The number of amides is 1. The molecule has 0 aliphatic heterocycles. The van der Waals surface area contributed by atoms with Crippen LogP contribution in [0.2, 0.25) is 0 Å². The minimum Gasteiger partial charge on any atom is -0.481 e. The number of carboxylic acids is 1. The molecule has 0 saturated heterocycles. The van der Waals surface area contributed by atoms with Crippen LogP contribution < -0.4 is 4.74 Å². The summed E-state index contributed by atoms with van der Waals surface area (Å²) in [5.74, 6) is -0.441. The molecule has 0 unspecified atom stereocenters. The summed E-state index contributed by atoms with van der Waals surface area (Å²) in [5, 5.41) is 8.54. The molecule has 5 heteroatoms. The third-order valence-electron chi connectivity index (χ3n) is 2.72. The monoisotopic (exact) mass is 251 g/mol. The summed E-state index contributed by atoms with van der Waals surface area (Å²) in [6.45, 7) is 3.93. The second-order valence-corrected chi connectivity index (χ2v) is 4.13. The first kappa shape index (κ1) is 14.0. The lowest BCUT2D eigenvalue weighted by molar-refractivity contribution is -0.137. The van der Waals surface area contributed by atoms with Crippen molar-refractivity contribution < 1.29 is 19.4 Å². The Morgan fingerprint density at radius 1 is 1.33 bits per heavy atom. The Morgan fingerprint density at radius 2 is 2.00 bits per heavy atom. The van der Waals surface area contributed by atoms with Crippen LogP contribution in [0.15, 0.2) is 18.2 Å². The molecule has 0 fully saturated rings. The summed E-state index contributed by atoms with van der Waals surface area (Å²) in [5.41, 5.74) is 1.94. The molecule has 0 aliphatic rings. The Bertz CT molecular complexity index is 456. The number of aliphatic carboxylic acids is 1. The van der Waals surface area contributed by atoms with Crippen LogP contribution in [0.25, 0.3) is 0 Å². The lowest BCUT2D eigenvalue weighted by Crippen LogP contribution is -2.31. The highest BCUT2D eigenvalue weighted by molar-refractivity contribution is 5.72. The van der Waals surface area contributed by atoms with Crippen molar-refractivity contribution in [2.45, 2.75) is 20.3 Å². The smallest absolute Gasteiger partial charge is 0.414 e. The van der Waals surface area contributed by atoms with Gasteiger partial charge in [0.05, 0.1) is 6.42 Å². The summed E-state index contributed by atoms with van der Waals surface area (Å²) in [7, 11) is 1.51. The van der Waals surface area contributed by atoms with Crippen molar-refractivity contribution in [1.82, 2.24) is 4.90 Å². The van der Waals surface area contributed by atoms with Gasteiger partial charge in [-0.1, -0.05) is 12.1 Å². The predicted octanol–water partition coefficient (Wildman–Crippen LogP) is 2.21. The Balaban J connectivity index is 2.64. The zero-order valence-corrected chi connectivity index (χ0v) is 10.8. The van der Waals surface area contributed by atoms with Crippen LogP contribution in [0.3, 0.4) is 0 Å². The average Bonchev–Trinajstić information content (AvgIpc) is 2.31.